The van der Waals surface area contributed by atoms with Crippen molar-refractivity contribution in [3.8, 4) is 22.4 Å². The molecule has 1 aromatic heterocycles. The van der Waals surface area contributed by atoms with Gasteiger partial charge >= 0.3 is 0 Å². The van der Waals surface area contributed by atoms with Crippen molar-refractivity contribution in [2.75, 3.05) is 5.73 Å². The van der Waals surface area contributed by atoms with E-state index in [-0.39, 0.29) is 17.3 Å². The highest BCUT2D eigenvalue weighted by molar-refractivity contribution is 7.99. The first-order valence-corrected chi connectivity index (χ1v) is 12.9. The van der Waals surface area contributed by atoms with E-state index in [9.17, 15) is 15.0 Å². The van der Waals surface area contributed by atoms with Crippen molar-refractivity contribution in [3.63, 3.8) is 0 Å². The minimum absolute atomic E-state index is 0.0515. The third-order valence-corrected chi connectivity index (χ3v) is 8.87. The number of H-pyrrole nitrogens is 1. The minimum Gasteiger partial charge on any atom is -0.508 e. The first kappa shape index (κ1) is 21.2. The van der Waals surface area contributed by atoms with Crippen LogP contribution < -0.4 is 5.73 Å². The van der Waals surface area contributed by atoms with Crippen LogP contribution in [-0.4, -0.2) is 20.7 Å². The molecule has 5 N–H and O–H groups in total. The second kappa shape index (κ2) is 8.13. The van der Waals surface area contributed by atoms with Crippen molar-refractivity contribution in [3.05, 3.63) is 83.9 Å². The predicted molar refractivity (Wildman–Crippen MR) is 139 cm³/mol. The number of aromatic hydroxyl groups is 2. The lowest BCUT2D eigenvalue weighted by Gasteiger charge is -2.22. The lowest BCUT2D eigenvalue weighted by molar-refractivity contribution is 0.103. The van der Waals surface area contributed by atoms with Crippen LogP contribution in [-0.2, 0) is 0 Å². The Hall–Kier alpha value is -3.38. The maximum atomic E-state index is 14.1. The first-order valence-electron chi connectivity index (χ1n) is 10.4. The maximum absolute atomic E-state index is 14.1. The Morgan fingerprint density at radius 3 is 1.88 bits per heavy atom. The first-order chi connectivity index (χ1) is 16.5. The van der Waals surface area contributed by atoms with E-state index >= 15 is 0 Å². The molecule has 5 aromatic rings. The van der Waals surface area contributed by atoms with E-state index in [2.05, 4.69) is 4.75 Å². The molecule has 1 aliphatic rings. The number of phenolic OH excluding ortho intramolecular Hbond substituents is 2. The number of nitrogens with two attached hydrogens (primary N) is 1. The second-order valence-electron chi connectivity index (χ2n) is 7.86. The number of aromatic nitrogens is 1. The summed E-state index contributed by atoms with van der Waals surface area (Å²) in [6.07, 6.45) is 0. The Kier molecular flexibility index (Phi) is 5.06. The Bertz CT molecular complexity index is 1600. The summed E-state index contributed by atoms with van der Waals surface area (Å²) in [5, 5.41) is 21.2. The van der Waals surface area contributed by atoms with Gasteiger partial charge in [-0.3, -0.25) is 4.79 Å². The van der Waals surface area contributed by atoms with Gasteiger partial charge in [0.1, 0.15) is 11.5 Å². The predicted octanol–water partition coefficient (Wildman–Crippen LogP) is 7.26. The molecule has 1 heterocycles. The second-order valence-corrected chi connectivity index (χ2v) is 11.0. The number of anilines is 1. The van der Waals surface area contributed by atoms with Gasteiger partial charge in [-0.05, 0) is 72.8 Å². The van der Waals surface area contributed by atoms with Gasteiger partial charge in [-0.25, -0.2) is 0 Å². The zero-order valence-electron chi connectivity index (χ0n) is 17.6. The molecule has 0 atom stereocenters. The number of rotatable bonds is 4. The number of carbonyl (C=O) groups excluding carboxylic acids is 1. The molecule has 166 valence electrons. The molecule has 34 heavy (non-hydrogen) atoms. The van der Waals surface area contributed by atoms with Gasteiger partial charge in [0.2, 0.25) is 0 Å². The summed E-state index contributed by atoms with van der Waals surface area (Å²) in [6, 6.07) is 21.6. The maximum Gasteiger partial charge on any atom is 0.196 e. The fraction of sp³-hybridized carbons (Fsp3) is 0. The number of carbonyl (C=O) groups is 1. The monoisotopic (exact) mass is 500 g/mol. The van der Waals surface area contributed by atoms with Gasteiger partial charge < -0.3 is 20.7 Å². The van der Waals surface area contributed by atoms with Crippen molar-refractivity contribution in [1.82, 2.24) is 4.75 Å². The summed E-state index contributed by atoms with van der Waals surface area (Å²) in [6.45, 7) is 0. The van der Waals surface area contributed by atoms with E-state index in [4.69, 9.17) is 5.73 Å². The van der Waals surface area contributed by atoms with Crippen LogP contribution in [0.1, 0.15) is 15.9 Å². The van der Waals surface area contributed by atoms with Crippen molar-refractivity contribution >= 4 is 54.2 Å². The van der Waals surface area contributed by atoms with Gasteiger partial charge in [-0.1, -0.05) is 23.5 Å². The standard InChI is InChI=1S/C26H17N2O3PS2/c27-17-9-11-19(33-15-5-1-13(29)2-6-15)23-21(17)26-22-18(28-32-26)10-12-20(24(22)25(23)31)34-16-7-3-14(30)4-8-16/h1-12,28-30H,27H2. The molecule has 4 aromatic carbocycles. The van der Waals surface area contributed by atoms with Crippen LogP contribution in [0.3, 0.4) is 0 Å². The summed E-state index contributed by atoms with van der Waals surface area (Å²) in [7, 11) is 0.896. The number of phenols is 2. The fourth-order valence-corrected chi connectivity index (χ4v) is 7.19. The van der Waals surface area contributed by atoms with Crippen LogP contribution in [0.2, 0.25) is 0 Å². The van der Waals surface area contributed by atoms with E-state index in [0.29, 0.717) is 16.8 Å². The quantitative estimate of drug-likeness (QED) is 0.190. The van der Waals surface area contributed by atoms with Crippen LogP contribution >= 0.6 is 31.9 Å². The van der Waals surface area contributed by atoms with Gasteiger partial charge in [-0.2, -0.15) is 0 Å². The van der Waals surface area contributed by atoms with E-state index in [0.717, 1.165) is 49.7 Å². The molecule has 0 unspecified atom stereocenters. The van der Waals surface area contributed by atoms with E-state index in [1.807, 2.05) is 48.5 Å². The lowest BCUT2D eigenvalue weighted by Crippen LogP contribution is -2.13. The molecular weight excluding hydrogens is 483 g/mol. The molecule has 0 saturated carbocycles. The molecule has 8 heteroatoms. The van der Waals surface area contributed by atoms with Gasteiger partial charge in [0.25, 0.3) is 0 Å². The Morgan fingerprint density at radius 2 is 1.26 bits per heavy atom. The summed E-state index contributed by atoms with van der Waals surface area (Å²) in [5.74, 6) is 0.350. The van der Waals surface area contributed by atoms with Gasteiger partial charge in [-0.15, -0.1) is 0 Å². The summed E-state index contributed by atoms with van der Waals surface area (Å²) in [4.78, 5) is 17.6. The summed E-state index contributed by atoms with van der Waals surface area (Å²) < 4.78 is 3.40. The Balaban J connectivity index is 1.54. The van der Waals surface area contributed by atoms with Gasteiger partial charge in [0.15, 0.2) is 5.78 Å². The van der Waals surface area contributed by atoms with E-state index < -0.39 is 0 Å². The molecule has 0 spiro atoms. The zero-order chi connectivity index (χ0) is 23.4. The van der Waals surface area contributed by atoms with Gasteiger partial charge in [0, 0.05) is 61.0 Å². The fourth-order valence-electron chi connectivity index (χ4n) is 4.16. The highest BCUT2D eigenvalue weighted by Crippen LogP contribution is 2.52. The highest BCUT2D eigenvalue weighted by Gasteiger charge is 2.33. The molecule has 0 fully saturated rings. The summed E-state index contributed by atoms with van der Waals surface area (Å²) in [5.41, 5.74) is 10.0. The van der Waals surface area contributed by atoms with E-state index in [1.54, 1.807) is 24.3 Å². The molecule has 0 radical (unpaired) electrons. The van der Waals surface area contributed by atoms with Crippen molar-refractivity contribution in [2.24, 2.45) is 0 Å². The smallest absolute Gasteiger partial charge is 0.196 e. The molecule has 0 bridgehead atoms. The average Bonchev–Trinajstić information content (AvgIpc) is 3.26. The van der Waals surface area contributed by atoms with Crippen molar-refractivity contribution in [2.45, 2.75) is 19.6 Å². The lowest BCUT2D eigenvalue weighted by atomic mass is 9.87. The largest absolute Gasteiger partial charge is 0.508 e. The minimum atomic E-state index is -0.0515. The van der Waals surface area contributed by atoms with Crippen LogP contribution in [0.25, 0.3) is 21.8 Å². The SMILES string of the molecule is Nc1ccc(Sc2ccc(O)cc2)c2c1-c1p[nH]c3ccc(Sc4ccc(O)cc4)c(c13)C2=O. The van der Waals surface area contributed by atoms with Crippen molar-refractivity contribution < 1.29 is 15.0 Å². The topological polar surface area (TPSA) is 99.3 Å². The molecule has 1 aliphatic carbocycles. The third kappa shape index (κ3) is 3.44. The molecule has 5 nitrogen and oxygen atoms in total. The molecule has 6 rings (SSSR count). The highest BCUT2D eigenvalue weighted by atomic mass is 32.2. The molecule has 0 saturated heterocycles. The van der Waals surface area contributed by atoms with Crippen LogP contribution in [0, 0.1) is 0 Å². The van der Waals surface area contributed by atoms with Crippen LogP contribution in [0.4, 0.5) is 5.69 Å². The number of hydrogen-bond donors (Lipinski definition) is 4. The zero-order valence-corrected chi connectivity index (χ0v) is 20.1. The molecular formula is C26H17N2O3PS2. The number of nitrogens with one attached hydrogen (secondary N) is 1. The number of aromatic amines is 1. The molecule has 0 amide bonds. The number of ketones is 1. The van der Waals surface area contributed by atoms with Crippen LogP contribution in [0.15, 0.2) is 92.4 Å². The third-order valence-electron chi connectivity index (χ3n) is 5.71. The Morgan fingerprint density at radius 1 is 0.706 bits per heavy atom. The number of fused-ring (bicyclic) bond motifs is 2. The van der Waals surface area contributed by atoms with Crippen LogP contribution in [0.5, 0.6) is 11.5 Å². The average molecular weight is 501 g/mol. The van der Waals surface area contributed by atoms with Gasteiger partial charge in [0.05, 0.1) is 5.52 Å². The summed E-state index contributed by atoms with van der Waals surface area (Å²) >= 11 is 2.98. The normalized spacial score (nSPS) is 12.4. The number of hydrogen-bond acceptors (Lipinski definition) is 6. The van der Waals surface area contributed by atoms with Crippen molar-refractivity contribution in [1.29, 1.82) is 0 Å². The van der Waals surface area contributed by atoms with E-state index in [1.165, 1.54) is 23.5 Å². The number of benzene rings is 4. The Labute approximate surface area is 205 Å². The molecule has 0 aliphatic heterocycles. The number of nitrogen functional groups attached to an aromatic ring is 1.